The molecule has 1 heterocycles. The Morgan fingerprint density at radius 2 is 0.805 bits per heavy atom. The fraction of sp³-hybridized carbons (Fsp3) is 0.754. The van der Waals surface area contributed by atoms with Crippen LogP contribution in [0.4, 0.5) is 0 Å². The summed E-state index contributed by atoms with van der Waals surface area (Å²) in [5, 5.41) is 31.5. The molecule has 77 heavy (non-hydrogen) atoms. The van der Waals surface area contributed by atoms with Gasteiger partial charge in [0.1, 0.15) is 18.8 Å². The Morgan fingerprint density at radius 1 is 0.429 bits per heavy atom. The standard InChI is InChI=1S/C65H110O12/c1-4-7-10-13-16-19-22-25-27-28-29-30-32-34-36-39-42-45-48-51-57(66)73-54-56(75-58(67)52-49-46-43-40-38-35-31-26-23-20-17-14-11-8-5-2)55-74-65-63(61(70)60(69)62(77-65)64(71)72)76-59(68)53-50-47-44-41-37-33-24-21-18-15-12-9-6-3/h12,15-17,19-21,24-27,31,56,60-63,65,69-70H,4-11,13-14,18,22-23,28-30,32-55H2,1-3H3,(H,71,72)/b15-12-,19-16-,20-17-,24-21-,27-25-,31-26-. The van der Waals surface area contributed by atoms with E-state index in [4.69, 9.17) is 23.7 Å². The van der Waals surface area contributed by atoms with Crippen LogP contribution in [-0.2, 0) is 42.9 Å². The Balaban J connectivity index is 2.68. The van der Waals surface area contributed by atoms with E-state index in [1.165, 1.54) is 77.0 Å². The third-order valence-electron chi connectivity index (χ3n) is 13.7. The number of esters is 3. The maximum absolute atomic E-state index is 13.2. The highest BCUT2D eigenvalue weighted by molar-refractivity contribution is 5.74. The lowest BCUT2D eigenvalue weighted by atomic mass is 9.98. The molecular weight excluding hydrogens is 973 g/mol. The summed E-state index contributed by atoms with van der Waals surface area (Å²) in [4.78, 5) is 51.2. The summed E-state index contributed by atoms with van der Waals surface area (Å²) < 4.78 is 28.4. The van der Waals surface area contributed by atoms with Gasteiger partial charge in [-0.2, -0.15) is 0 Å². The largest absolute Gasteiger partial charge is 0.479 e. The number of aliphatic carboxylic acids is 1. The Labute approximate surface area is 468 Å². The summed E-state index contributed by atoms with van der Waals surface area (Å²) in [6, 6.07) is 0. The Kier molecular flexibility index (Phi) is 48.8. The van der Waals surface area contributed by atoms with Crippen LogP contribution in [0.5, 0.6) is 0 Å². The van der Waals surface area contributed by atoms with Crippen molar-refractivity contribution in [3.8, 4) is 0 Å². The van der Waals surface area contributed by atoms with Crippen LogP contribution in [0, 0.1) is 0 Å². The molecule has 12 heteroatoms. The maximum Gasteiger partial charge on any atom is 0.335 e. The van der Waals surface area contributed by atoms with Gasteiger partial charge in [-0.25, -0.2) is 4.79 Å². The Bertz CT molecular complexity index is 1620. The molecule has 0 radical (unpaired) electrons. The number of carboxylic acid groups (broad SMARTS) is 1. The van der Waals surface area contributed by atoms with Crippen molar-refractivity contribution in [2.45, 2.75) is 302 Å². The van der Waals surface area contributed by atoms with Gasteiger partial charge in [0, 0.05) is 19.3 Å². The number of carbonyl (C=O) groups excluding carboxylic acids is 3. The highest BCUT2D eigenvalue weighted by Crippen LogP contribution is 2.26. The molecule has 0 aromatic heterocycles. The van der Waals surface area contributed by atoms with Crippen molar-refractivity contribution in [3.63, 3.8) is 0 Å². The molecule has 0 aliphatic carbocycles. The summed E-state index contributed by atoms with van der Waals surface area (Å²) in [7, 11) is 0. The van der Waals surface area contributed by atoms with Gasteiger partial charge in [-0.1, -0.05) is 209 Å². The topological polar surface area (TPSA) is 175 Å². The smallest absolute Gasteiger partial charge is 0.335 e. The number of hydrogen-bond donors (Lipinski definition) is 3. The molecule has 0 aromatic rings. The molecule has 6 unspecified atom stereocenters. The lowest BCUT2D eigenvalue weighted by Gasteiger charge is -2.40. The van der Waals surface area contributed by atoms with E-state index in [9.17, 15) is 34.5 Å². The molecule has 0 bridgehead atoms. The second kappa shape index (κ2) is 52.8. The van der Waals surface area contributed by atoms with E-state index >= 15 is 0 Å². The summed E-state index contributed by atoms with van der Waals surface area (Å²) in [5.41, 5.74) is 0. The quantitative estimate of drug-likeness (QED) is 0.0228. The summed E-state index contributed by atoms with van der Waals surface area (Å²) in [5.74, 6) is -3.16. The molecule has 1 rings (SSSR count). The van der Waals surface area contributed by atoms with Gasteiger partial charge in [0.25, 0.3) is 0 Å². The molecule has 3 N–H and O–H groups in total. The first-order valence-corrected chi connectivity index (χ1v) is 30.9. The van der Waals surface area contributed by atoms with Gasteiger partial charge in [-0.15, -0.1) is 0 Å². The lowest BCUT2D eigenvalue weighted by Crippen LogP contribution is -2.61. The van der Waals surface area contributed by atoms with E-state index < -0.39 is 67.3 Å². The zero-order chi connectivity index (χ0) is 56.1. The van der Waals surface area contributed by atoms with Crippen LogP contribution in [-0.4, -0.2) is 89.2 Å². The van der Waals surface area contributed by atoms with Crippen molar-refractivity contribution in [3.05, 3.63) is 72.9 Å². The molecule has 442 valence electrons. The molecular formula is C65H110O12. The molecule has 0 aromatic carbocycles. The SMILES string of the molecule is CCC/C=C\C/C=C\CCCCCCCC(=O)OC1C(OCC(COC(=O)CCCCCCCCCCC/C=C\C/C=C\CCCCC)OC(=O)CCCCCCC/C=C\C/C=C\CCCCC)OC(C(=O)O)C(O)C1O. The fourth-order valence-electron chi connectivity index (χ4n) is 8.94. The Morgan fingerprint density at radius 3 is 1.22 bits per heavy atom. The van der Waals surface area contributed by atoms with E-state index in [1.54, 1.807) is 0 Å². The van der Waals surface area contributed by atoms with Crippen LogP contribution in [0.1, 0.15) is 265 Å². The second-order valence-electron chi connectivity index (χ2n) is 21.0. The second-order valence-corrected chi connectivity index (χ2v) is 21.0. The van der Waals surface area contributed by atoms with E-state index in [0.717, 1.165) is 128 Å². The van der Waals surface area contributed by atoms with Gasteiger partial charge in [0.2, 0.25) is 0 Å². The molecule has 0 saturated carbocycles. The number of aliphatic hydroxyl groups is 2. The molecule has 1 fully saturated rings. The van der Waals surface area contributed by atoms with Crippen LogP contribution in [0.2, 0.25) is 0 Å². The van der Waals surface area contributed by atoms with Crippen LogP contribution >= 0.6 is 0 Å². The molecule has 1 saturated heterocycles. The third kappa shape index (κ3) is 42.7. The van der Waals surface area contributed by atoms with Gasteiger partial charge in [0.05, 0.1) is 6.61 Å². The number of aliphatic hydroxyl groups excluding tert-OH is 2. The summed E-state index contributed by atoms with van der Waals surface area (Å²) in [6.07, 6.45) is 54.3. The van der Waals surface area contributed by atoms with Crippen LogP contribution in [0.3, 0.4) is 0 Å². The number of rotatable bonds is 52. The monoisotopic (exact) mass is 1080 g/mol. The van der Waals surface area contributed by atoms with Crippen molar-refractivity contribution >= 4 is 23.9 Å². The predicted molar refractivity (Wildman–Crippen MR) is 312 cm³/mol. The molecule has 0 amide bonds. The molecule has 1 aliphatic rings. The van der Waals surface area contributed by atoms with E-state index in [0.29, 0.717) is 19.3 Å². The zero-order valence-corrected chi connectivity index (χ0v) is 48.7. The first-order chi connectivity index (χ1) is 37.6. The highest BCUT2D eigenvalue weighted by Gasteiger charge is 2.50. The summed E-state index contributed by atoms with van der Waals surface area (Å²) in [6.45, 7) is 5.87. The average molecular weight is 1080 g/mol. The molecule has 0 spiro atoms. The number of ether oxygens (including phenoxy) is 5. The Hall–Kier alpha value is -3.84. The minimum Gasteiger partial charge on any atom is -0.479 e. The van der Waals surface area contributed by atoms with Gasteiger partial charge in [0.15, 0.2) is 24.6 Å². The van der Waals surface area contributed by atoms with Crippen molar-refractivity contribution < 1.29 is 58.2 Å². The number of unbranched alkanes of at least 4 members (excludes halogenated alkanes) is 26. The van der Waals surface area contributed by atoms with E-state index in [2.05, 4.69) is 93.7 Å². The number of carbonyl (C=O) groups is 4. The van der Waals surface area contributed by atoms with Crippen LogP contribution < -0.4 is 0 Å². The lowest BCUT2D eigenvalue weighted by molar-refractivity contribution is -0.301. The predicted octanol–water partition coefficient (Wildman–Crippen LogP) is 16.1. The van der Waals surface area contributed by atoms with Gasteiger partial charge >= 0.3 is 23.9 Å². The minimum atomic E-state index is -1.91. The van der Waals surface area contributed by atoms with Gasteiger partial charge in [-0.3, -0.25) is 14.4 Å². The van der Waals surface area contributed by atoms with Crippen molar-refractivity contribution in [1.29, 1.82) is 0 Å². The zero-order valence-electron chi connectivity index (χ0n) is 48.7. The van der Waals surface area contributed by atoms with Crippen LogP contribution in [0.15, 0.2) is 72.9 Å². The number of carboxylic acids is 1. The van der Waals surface area contributed by atoms with E-state index in [1.807, 2.05) is 0 Å². The summed E-state index contributed by atoms with van der Waals surface area (Å²) >= 11 is 0. The fourth-order valence-corrected chi connectivity index (χ4v) is 8.94. The maximum atomic E-state index is 13.2. The first kappa shape index (κ1) is 71.2. The van der Waals surface area contributed by atoms with Gasteiger partial charge in [-0.05, 0) is 109 Å². The van der Waals surface area contributed by atoms with E-state index in [-0.39, 0.29) is 25.9 Å². The highest BCUT2D eigenvalue weighted by atomic mass is 16.7. The van der Waals surface area contributed by atoms with Crippen molar-refractivity contribution in [2.75, 3.05) is 13.2 Å². The third-order valence-corrected chi connectivity index (χ3v) is 13.7. The molecule has 12 nitrogen and oxygen atoms in total. The number of allylic oxidation sites excluding steroid dienone is 12. The van der Waals surface area contributed by atoms with Crippen LogP contribution in [0.25, 0.3) is 0 Å². The molecule has 6 atom stereocenters. The number of hydrogen-bond acceptors (Lipinski definition) is 11. The average Bonchev–Trinajstić information content (AvgIpc) is 3.42. The van der Waals surface area contributed by atoms with Gasteiger partial charge < -0.3 is 39.0 Å². The molecule has 1 aliphatic heterocycles. The minimum absolute atomic E-state index is 0.0407. The van der Waals surface area contributed by atoms with Crippen molar-refractivity contribution in [2.24, 2.45) is 0 Å². The first-order valence-electron chi connectivity index (χ1n) is 30.9. The normalized spacial score (nSPS) is 18.5. The van der Waals surface area contributed by atoms with Crippen molar-refractivity contribution in [1.82, 2.24) is 0 Å².